The summed E-state index contributed by atoms with van der Waals surface area (Å²) in [5.74, 6) is -0.515. The lowest BCUT2D eigenvalue weighted by molar-refractivity contribution is 0.0697. The number of H-pyrrole nitrogens is 1. The number of nitrogens with one attached hydrogen (secondary N) is 2. The summed E-state index contributed by atoms with van der Waals surface area (Å²) in [4.78, 5) is 14.9. The highest BCUT2D eigenvalue weighted by atomic mass is 32.1. The minimum Gasteiger partial charge on any atom is -0.478 e. The number of carboxylic acids is 1. The molecule has 0 aliphatic heterocycles. The van der Waals surface area contributed by atoms with E-state index in [0.717, 1.165) is 5.56 Å². The molecule has 92 valence electrons. The van der Waals surface area contributed by atoms with Gasteiger partial charge in [-0.25, -0.2) is 4.79 Å². The molecule has 0 bridgehead atoms. The Morgan fingerprint density at radius 2 is 2.28 bits per heavy atom. The van der Waals surface area contributed by atoms with Crippen LogP contribution in [0.3, 0.4) is 0 Å². The van der Waals surface area contributed by atoms with Gasteiger partial charge in [0.2, 0.25) is 4.77 Å². The molecule has 0 aliphatic rings. The first-order chi connectivity index (χ1) is 8.56. The Morgan fingerprint density at radius 3 is 2.94 bits per heavy atom. The fourth-order valence-electron chi connectivity index (χ4n) is 1.40. The van der Waals surface area contributed by atoms with Crippen LogP contribution in [0.5, 0.6) is 0 Å². The van der Waals surface area contributed by atoms with Crippen molar-refractivity contribution in [2.24, 2.45) is 0 Å². The molecule has 2 rings (SSSR count). The number of aromatic carboxylic acids is 1. The lowest BCUT2D eigenvalue weighted by atomic mass is 10.1. The summed E-state index contributed by atoms with van der Waals surface area (Å²) in [5, 5.41) is 18.2. The molecular weight excluding hydrogens is 252 g/mol. The molecule has 0 aliphatic carbocycles. The summed E-state index contributed by atoms with van der Waals surface area (Å²) in [6.07, 6.45) is 1.47. The number of nitrogens with zero attached hydrogens (tertiary/aromatic N) is 2. The van der Waals surface area contributed by atoms with Gasteiger partial charge in [0.25, 0.3) is 0 Å². The zero-order valence-electron chi connectivity index (χ0n) is 9.47. The smallest absolute Gasteiger partial charge is 0.335 e. The molecule has 3 N–H and O–H groups in total. The molecule has 0 spiro atoms. The lowest BCUT2D eigenvalue weighted by Crippen LogP contribution is -2.01. The second kappa shape index (κ2) is 4.92. The van der Waals surface area contributed by atoms with Crippen LogP contribution in [0.1, 0.15) is 15.9 Å². The molecule has 1 aromatic heterocycles. The molecule has 0 amide bonds. The van der Waals surface area contributed by atoms with Crippen LogP contribution in [-0.2, 0) is 0 Å². The first kappa shape index (κ1) is 12.2. The van der Waals surface area contributed by atoms with Gasteiger partial charge < -0.3 is 10.4 Å². The van der Waals surface area contributed by atoms with E-state index in [9.17, 15) is 4.79 Å². The number of aromatic amines is 1. The molecule has 0 atom stereocenters. The fraction of sp³-hybridized carbons (Fsp3) is 0.0909. The van der Waals surface area contributed by atoms with Crippen molar-refractivity contribution in [3.05, 3.63) is 40.3 Å². The Hall–Kier alpha value is -2.28. The molecule has 2 aromatic rings. The second-order valence-corrected chi connectivity index (χ2v) is 4.02. The Labute approximate surface area is 108 Å². The van der Waals surface area contributed by atoms with Gasteiger partial charge in [0.15, 0.2) is 5.82 Å². The summed E-state index contributed by atoms with van der Waals surface area (Å²) in [7, 11) is 0. The number of aryl methyl sites for hydroxylation is 1. The predicted octanol–water partition coefficient (Wildman–Crippen LogP) is 2.28. The predicted molar refractivity (Wildman–Crippen MR) is 68.6 cm³/mol. The first-order valence-corrected chi connectivity index (χ1v) is 5.50. The molecule has 7 heteroatoms. The van der Waals surface area contributed by atoms with Crippen LogP contribution in [0, 0.1) is 11.7 Å². The molecule has 0 saturated carbocycles. The van der Waals surface area contributed by atoms with Crippen molar-refractivity contribution in [3.63, 3.8) is 0 Å². The van der Waals surface area contributed by atoms with Crippen LogP contribution in [-0.4, -0.2) is 26.3 Å². The highest BCUT2D eigenvalue weighted by Gasteiger charge is 2.06. The molecule has 1 heterocycles. The minimum absolute atomic E-state index is 0.206. The van der Waals surface area contributed by atoms with Crippen molar-refractivity contribution in [1.82, 2.24) is 15.2 Å². The van der Waals surface area contributed by atoms with Crippen molar-refractivity contribution >= 4 is 29.7 Å². The van der Waals surface area contributed by atoms with Crippen LogP contribution in [0.4, 0.5) is 11.5 Å². The third-order valence-corrected chi connectivity index (χ3v) is 2.50. The third-order valence-electron chi connectivity index (χ3n) is 2.32. The number of rotatable bonds is 3. The number of carbonyl (C=O) groups is 1. The third kappa shape index (κ3) is 2.69. The molecule has 0 unspecified atom stereocenters. The van der Waals surface area contributed by atoms with Crippen molar-refractivity contribution in [3.8, 4) is 0 Å². The van der Waals surface area contributed by atoms with Gasteiger partial charge in [-0.2, -0.15) is 10.1 Å². The lowest BCUT2D eigenvalue weighted by Gasteiger charge is -2.08. The molecule has 18 heavy (non-hydrogen) atoms. The van der Waals surface area contributed by atoms with Gasteiger partial charge in [0.1, 0.15) is 0 Å². The van der Waals surface area contributed by atoms with Gasteiger partial charge >= 0.3 is 5.97 Å². The Kier molecular flexibility index (Phi) is 3.33. The van der Waals surface area contributed by atoms with Gasteiger partial charge in [-0.1, -0.05) is 6.07 Å². The molecular formula is C11H10N4O2S. The van der Waals surface area contributed by atoms with E-state index in [1.165, 1.54) is 6.20 Å². The molecule has 1 aromatic carbocycles. The maximum atomic E-state index is 10.9. The van der Waals surface area contributed by atoms with Crippen LogP contribution >= 0.6 is 12.2 Å². The molecule has 6 nitrogen and oxygen atoms in total. The van der Waals surface area contributed by atoms with Crippen LogP contribution in [0.15, 0.2) is 24.4 Å². The van der Waals surface area contributed by atoms with Crippen LogP contribution in [0.25, 0.3) is 0 Å². The summed E-state index contributed by atoms with van der Waals surface area (Å²) in [6.45, 7) is 1.87. The van der Waals surface area contributed by atoms with E-state index in [-0.39, 0.29) is 10.3 Å². The normalized spacial score (nSPS) is 10.1. The first-order valence-electron chi connectivity index (χ1n) is 5.09. The number of hydrogen-bond acceptors (Lipinski definition) is 5. The SMILES string of the molecule is Cc1ccc(C(=O)O)cc1Nc1cn[nH]c(=S)n1. The van der Waals surface area contributed by atoms with Crippen molar-refractivity contribution in [2.75, 3.05) is 5.32 Å². The largest absolute Gasteiger partial charge is 0.478 e. The van der Waals surface area contributed by atoms with E-state index in [2.05, 4.69) is 20.5 Å². The number of carboxylic acid groups (broad SMARTS) is 1. The summed E-state index contributed by atoms with van der Waals surface area (Å²) in [5.41, 5.74) is 1.77. The highest BCUT2D eigenvalue weighted by molar-refractivity contribution is 7.71. The van der Waals surface area contributed by atoms with E-state index < -0.39 is 5.97 Å². The Morgan fingerprint density at radius 1 is 1.50 bits per heavy atom. The minimum atomic E-state index is -0.977. The summed E-state index contributed by atoms with van der Waals surface area (Å²) < 4.78 is 0.257. The van der Waals surface area contributed by atoms with Crippen molar-refractivity contribution in [1.29, 1.82) is 0 Å². The average molecular weight is 262 g/mol. The van der Waals surface area contributed by atoms with E-state index in [1.54, 1.807) is 18.2 Å². The van der Waals surface area contributed by atoms with Gasteiger partial charge in [-0.05, 0) is 36.8 Å². The molecule has 0 saturated heterocycles. The van der Waals surface area contributed by atoms with E-state index in [4.69, 9.17) is 17.3 Å². The summed E-state index contributed by atoms with van der Waals surface area (Å²) in [6, 6.07) is 4.81. The number of anilines is 2. The maximum absolute atomic E-state index is 10.9. The summed E-state index contributed by atoms with van der Waals surface area (Å²) >= 11 is 4.85. The zero-order valence-corrected chi connectivity index (χ0v) is 10.3. The molecule has 0 radical (unpaired) electrons. The van der Waals surface area contributed by atoms with Gasteiger partial charge in [0, 0.05) is 5.69 Å². The Bertz CT molecular complexity index is 653. The number of aromatic nitrogens is 3. The average Bonchev–Trinajstić information content (AvgIpc) is 2.31. The van der Waals surface area contributed by atoms with Gasteiger partial charge in [0.05, 0.1) is 11.8 Å². The van der Waals surface area contributed by atoms with Crippen LogP contribution < -0.4 is 5.32 Å². The quantitative estimate of drug-likeness (QED) is 0.735. The topological polar surface area (TPSA) is 90.9 Å². The van der Waals surface area contributed by atoms with E-state index in [1.807, 2.05) is 6.92 Å². The standard InChI is InChI=1S/C11H10N4O2S/c1-6-2-3-7(10(16)17)4-8(6)13-9-5-12-15-11(18)14-9/h2-5H,1H3,(H,16,17)(H2,13,14,15,18). The van der Waals surface area contributed by atoms with Gasteiger partial charge in [-0.3, -0.25) is 5.10 Å². The second-order valence-electron chi connectivity index (χ2n) is 3.63. The Balaban J connectivity index is 2.36. The van der Waals surface area contributed by atoms with Crippen molar-refractivity contribution in [2.45, 2.75) is 6.92 Å². The van der Waals surface area contributed by atoms with E-state index >= 15 is 0 Å². The number of benzene rings is 1. The van der Waals surface area contributed by atoms with E-state index in [0.29, 0.717) is 11.5 Å². The fourth-order valence-corrected chi connectivity index (χ4v) is 1.55. The maximum Gasteiger partial charge on any atom is 0.335 e. The molecule has 0 fully saturated rings. The van der Waals surface area contributed by atoms with Gasteiger partial charge in [-0.15, -0.1) is 0 Å². The zero-order chi connectivity index (χ0) is 13.1. The van der Waals surface area contributed by atoms with Crippen molar-refractivity contribution < 1.29 is 9.90 Å². The van der Waals surface area contributed by atoms with Crippen LogP contribution in [0.2, 0.25) is 0 Å². The highest BCUT2D eigenvalue weighted by Crippen LogP contribution is 2.20. The number of hydrogen-bond donors (Lipinski definition) is 3. The monoisotopic (exact) mass is 262 g/mol.